The first-order valence-corrected chi connectivity index (χ1v) is 6.95. The highest BCUT2D eigenvalue weighted by molar-refractivity contribution is 6.31. The van der Waals surface area contributed by atoms with Crippen LogP contribution in [0.1, 0.15) is 12.8 Å². The third-order valence-electron chi connectivity index (χ3n) is 3.33. The molecule has 2 rings (SSSR count). The predicted molar refractivity (Wildman–Crippen MR) is 77.0 cm³/mol. The van der Waals surface area contributed by atoms with Gasteiger partial charge >= 0.3 is 5.97 Å². The van der Waals surface area contributed by atoms with Gasteiger partial charge in [0.05, 0.1) is 5.92 Å². The molecule has 5 nitrogen and oxygen atoms in total. The van der Waals surface area contributed by atoms with E-state index in [1.165, 1.54) is 4.90 Å². The van der Waals surface area contributed by atoms with Crippen LogP contribution in [0.3, 0.4) is 0 Å². The number of hydrogen-bond donors (Lipinski definition) is 2. The van der Waals surface area contributed by atoms with E-state index in [1.54, 1.807) is 24.3 Å². The van der Waals surface area contributed by atoms with Crippen molar-refractivity contribution in [1.29, 1.82) is 0 Å². The van der Waals surface area contributed by atoms with E-state index < -0.39 is 5.97 Å². The predicted octanol–water partition coefficient (Wildman–Crippen LogP) is 1.76. The Labute approximate surface area is 122 Å². The lowest BCUT2D eigenvalue weighted by Gasteiger charge is -2.28. The minimum absolute atomic E-state index is 0.165. The summed E-state index contributed by atoms with van der Waals surface area (Å²) in [5, 5.41) is 12.7. The normalized spacial score (nSPS) is 18.6. The van der Waals surface area contributed by atoms with E-state index >= 15 is 0 Å². The minimum atomic E-state index is -1.04. The maximum Gasteiger partial charge on any atom is 0.323 e. The number of nitrogens with zero attached hydrogens (tertiary/aromatic N) is 1. The number of carboxylic acids is 1. The molecule has 1 aliphatic heterocycles. The molecule has 108 valence electrons. The topological polar surface area (TPSA) is 69.6 Å². The van der Waals surface area contributed by atoms with Gasteiger partial charge < -0.3 is 15.3 Å². The Bertz CT molecular complexity index is 501. The average Bonchev–Trinajstić information content (AvgIpc) is 2.45. The Hall–Kier alpha value is -1.59. The average molecular weight is 297 g/mol. The molecule has 0 aliphatic carbocycles. The van der Waals surface area contributed by atoms with Crippen LogP contribution in [0.2, 0.25) is 5.02 Å². The first-order chi connectivity index (χ1) is 9.58. The number of nitrogens with one attached hydrogen (secondary N) is 1. The molecule has 1 heterocycles. The third kappa shape index (κ3) is 3.71. The van der Waals surface area contributed by atoms with Gasteiger partial charge in [0, 0.05) is 17.3 Å². The van der Waals surface area contributed by atoms with Gasteiger partial charge in [0.2, 0.25) is 5.91 Å². The standard InChI is InChI=1S/C14H17ClN2O3/c15-11-4-1-5-12(7-11)17(9-13(18)19)14(20)10-3-2-6-16-8-10/h1,4-5,7,10,16H,2-3,6,8-9H2,(H,18,19)/t10-/m1/s1. The molecule has 0 spiro atoms. The summed E-state index contributed by atoms with van der Waals surface area (Å²) in [6.07, 6.45) is 1.70. The number of amides is 1. The van der Waals surface area contributed by atoms with Crippen molar-refractivity contribution in [3.63, 3.8) is 0 Å². The molecule has 0 aromatic heterocycles. The molecule has 1 fully saturated rings. The number of anilines is 1. The largest absolute Gasteiger partial charge is 0.480 e. The van der Waals surface area contributed by atoms with Gasteiger partial charge in [0.25, 0.3) is 0 Å². The molecule has 6 heteroatoms. The van der Waals surface area contributed by atoms with Crippen LogP contribution in [0.15, 0.2) is 24.3 Å². The number of carbonyl (C=O) groups excluding carboxylic acids is 1. The van der Waals surface area contributed by atoms with E-state index in [9.17, 15) is 9.59 Å². The molecule has 1 atom stereocenters. The van der Waals surface area contributed by atoms with Gasteiger partial charge in [-0.25, -0.2) is 0 Å². The molecular weight excluding hydrogens is 280 g/mol. The third-order valence-corrected chi connectivity index (χ3v) is 3.56. The van der Waals surface area contributed by atoms with Crippen molar-refractivity contribution in [3.05, 3.63) is 29.3 Å². The van der Waals surface area contributed by atoms with Crippen LogP contribution in [0, 0.1) is 5.92 Å². The van der Waals surface area contributed by atoms with E-state index in [1.807, 2.05) is 0 Å². The van der Waals surface area contributed by atoms with Crippen LogP contribution in [0.4, 0.5) is 5.69 Å². The van der Waals surface area contributed by atoms with Crippen molar-refractivity contribution >= 4 is 29.2 Å². The second-order valence-electron chi connectivity index (χ2n) is 4.84. The number of carbonyl (C=O) groups is 2. The van der Waals surface area contributed by atoms with Crippen molar-refractivity contribution in [2.45, 2.75) is 12.8 Å². The number of hydrogen-bond acceptors (Lipinski definition) is 3. The molecule has 2 N–H and O–H groups in total. The number of rotatable bonds is 4. The van der Waals surface area contributed by atoms with E-state index in [4.69, 9.17) is 16.7 Å². The minimum Gasteiger partial charge on any atom is -0.480 e. The van der Waals surface area contributed by atoms with Crippen molar-refractivity contribution in [2.24, 2.45) is 5.92 Å². The van der Waals surface area contributed by atoms with E-state index in [0.29, 0.717) is 17.3 Å². The van der Waals surface area contributed by atoms with Crippen molar-refractivity contribution in [2.75, 3.05) is 24.5 Å². The SMILES string of the molecule is O=C(O)CN(C(=O)[C@@H]1CCCNC1)c1cccc(Cl)c1. The van der Waals surface area contributed by atoms with Crippen LogP contribution < -0.4 is 10.2 Å². The zero-order valence-electron chi connectivity index (χ0n) is 11.0. The molecule has 1 saturated heterocycles. The molecule has 0 unspecified atom stereocenters. The summed E-state index contributed by atoms with van der Waals surface area (Å²) in [6, 6.07) is 6.71. The number of aliphatic carboxylic acids is 1. The Kier molecular flexibility index (Phi) is 4.98. The smallest absolute Gasteiger partial charge is 0.323 e. The molecule has 1 aromatic carbocycles. The van der Waals surface area contributed by atoms with Crippen LogP contribution in [0.25, 0.3) is 0 Å². The Balaban J connectivity index is 2.22. The highest BCUT2D eigenvalue weighted by atomic mass is 35.5. The van der Waals surface area contributed by atoms with Gasteiger partial charge in [-0.05, 0) is 37.6 Å². The van der Waals surface area contributed by atoms with Crippen LogP contribution in [0.5, 0.6) is 0 Å². The molecule has 1 aromatic rings. The van der Waals surface area contributed by atoms with Crippen molar-refractivity contribution < 1.29 is 14.7 Å². The fourth-order valence-electron chi connectivity index (χ4n) is 2.36. The van der Waals surface area contributed by atoms with Gasteiger partial charge in [-0.2, -0.15) is 0 Å². The highest BCUT2D eigenvalue weighted by Crippen LogP contribution is 2.23. The van der Waals surface area contributed by atoms with Gasteiger partial charge in [-0.1, -0.05) is 17.7 Å². The van der Waals surface area contributed by atoms with E-state index in [-0.39, 0.29) is 18.4 Å². The van der Waals surface area contributed by atoms with Gasteiger partial charge in [0.1, 0.15) is 6.54 Å². The summed E-state index contributed by atoms with van der Waals surface area (Å²) < 4.78 is 0. The first-order valence-electron chi connectivity index (χ1n) is 6.57. The Morgan fingerprint density at radius 3 is 2.85 bits per heavy atom. The lowest BCUT2D eigenvalue weighted by Crippen LogP contribution is -2.45. The maximum absolute atomic E-state index is 12.5. The van der Waals surface area contributed by atoms with Gasteiger partial charge in [0.15, 0.2) is 0 Å². The summed E-state index contributed by atoms with van der Waals surface area (Å²) in [5.74, 6) is -1.38. The fourth-order valence-corrected chi connectivity index (χ4v) is 2.54. The van der Waals surface area contributed by atoms with E-state index in [2.05, 4.69) is 5.32 Å². The van der Waals surface area contributed by atoms with Crippen LogP contribution in [-0.4, -0.2) is 36.6 Å². The number of benzene rings is 1. The summed E-state index contributed by atoms with van der Waals surface area (Å²) in [5.41, 5.74) is 0.524. The summed E-state index contributed by atoms with van der Waals surface area (Å²) >= 11 is 5.92. The number of carboxylic acid groups (broad SMARTS) is 1. The van der Waals surface area contributed by atoms with Crippen LogP contribution >= 0.6 is 11.6 Å². The second-order valence-corrected chi connectivity index (χ2v) is 5.28. The van der Waals surface area contributed by atoms with E-state index in [0.717, 1.165) is 19.4 Å². The van der Waals surface area contributed by atoms with Gasteiger partial charge in [-0.15, -0.1) is 0 Å². The maximum atomic E-state index is 12.5. The lowest BCUT2D eigenvalue weighted by molar-refractivity contribution is -0.137. The fraction of sp³-hybridized carbons (Fsp3) is 0.429. The summed E-state index contributed by atoms with van der Waals surface area (Å²) in [7, 11) is 0. The zero-order chi connectivity index (χ0) is 14.5. The Morgan fingerprint density at radius 1 is 1.45 bits per heavy atom. The lowest BCUT2D eigenvalue weighted by atomic mass is 9.98. The number of halogens is 1. The molecule has 0 bridgehead atoms. The summed E-state index contributed by atoms with van der Waals surface area (Å²) in [6.45, 7) is 1.14. The van der Waals surface area contributed by atoms with Crippen LogP contribution in [-0.2, 0) is 9.59 Å². The van der Waals surface area contributed by atoms with Crippen molar-refractivity contribution in [3.8, 4) is 0 Å². The first kappa shape index (κ1) is 14.8. The molecule has 0 saturated carbocycles. The Morgan fingerprint density at radius 2 is 2.25 bits per heavy atom. The molecule has 1 amide bonds. The van der Waals surface area contributed by atoms with Gasteiger partial charge in [-0.3, -0.25) is 9.59 Å². The zero-order valence-corrected chi connectivity index (χ0v) is 11.8. The highest BCUT2D eigenvalue weighted by Gasteiger charge is 2.28. The second kappa shape index (κ2) is 6.72. The monoisotopic (exact) mass is 296 g/mol. The molecule has 1 aliphatic rings. The molecule has 0 radical (unpaired) electrons. The molecule has 20 heavy (non-hydrogen) atoms. The quantitative estimate of drug-likeness (QED) is 0.888. The number of piperidine rings is 1. The summed E-state index contributed by atoms with van der Waals surface area (Å²) in [4.78, 5) is 24.8. The van der Waals surface area contributed by atoms with Crippen molar-refractivity contribution in [1.82, 2.24) is 5.32 Å². The molecular formula is C14H17ClN2O3.